The number of primary amides is 1. The van der Waals surface area contributed by atoms with Gasteiger partial charge in [0.2, 0.25) is 5.91 Å². The first-order chi connectivity index (χ1) is 13.0. The van der Waals surface area contributed by atoms with E-state index < -0.39 is 11.8 Å². The van der Waals surface area contributed by atoms with Crippen molar-refractivity contribution < 1.29 is 9.18 Å². The fourth-order valence-electron chi connectivity index (χ4n) is 2.64. The van der Waals surface area contributed by atoms with Crippen LogP contribution in [0.1, 0.15) is 11.1 Å². The third-order valence-corrected chi connectivity index (χ3v) is 4.37. The summed E-state index contributed by atoms with van der Waals surface area (Å²) >= 11 is 5.98. The van der Waals surface area contributed by atoms with Gasteiger partial charge in [0.25, 0.3) is 0 Å². The van der Waals surface area contributed by atoms with Gasteiger partial charge in [-0.2, -0.15) is 0 Å². The average Bonchev–Trinajstić information content (AvgIpc) is 2.64. The van der Waals surface area contributed by atoms with Gasteiger partial charge in [-0.15, -0.1) is 0 Å². The lowest BCUT2D eigenvalue weighted by molar-refractivity contribution is -0.121. The summed E-state index contributed by atoms with van der Waals surface area (Å²) in [7, 11) is 1.66. The summed E-state index contributed by atoms with van der Waals surface area (Å²) in [6, 6.07) is 13.7. The Balaban J connectivity index is 1.82. The molecule has 2 aromatic carbocycles. The fourth-order valence-corrected chi connectivity index (χ4v) is 2.85. The Kier molecular flexibility index (Phi) is 8.07. The molecule has 0 heterocycles. The molecular weight excluding hydrogens is 367 g/mol. The van der Waals surface area contributed by atoms with Crippen LogP contribution in [0, 0.1) is 11.7 Å². The number of rotatable bonds is 8. The number of benzene rings is 2. The first-order valence-electron chi connectivity index (χ1n) is 8.70. The van der Waals surface area contributed by atoms with Gasteiger partial charge in [0.1, 0.15) is 5.82 Å². The van der Waals surface area contributed by atoms with E-state index in [2.05, 4.69) is 15.6 Å². The fraction of sp³-hybridized carbons (Fsp3) is 0.300. The summed E-state index contributed by atoms with van der Waals surface area (Å²) in [4.78, 5) is 15.9. The largest absolute Gasteiger partial charge is 0.369 e. The first-order valence-corrected chi connectivity index (χ1v) is 9.08. The van der Waals surface area contributed by atoms with Crippen molar-refractivity contribution in [1.29, 1.82) is 0 Å². The topological polar surface area (TPSA) is 79.5 Å². The van der Waals surface area contributed by atoms with Crippen LogP contribution in [-0.4, -0.2) is 32.0 Å². The predicted octanol–water partition coefficient (Wildman–Crippen LogP) is 2.53. The molecule has 1 atom stereocenters. The summed E-state index contributed by atoms with van der Waals surface area (Å²) in [6.45, 7) is 1.00. The minimum absolute atomic E-state index is 0.309. The van der Waals surface area contributed by atoms with Gasteiger partial charge in [-0.25, -0.2) is 4.39 Å². The number of aliphatic imine (C=N–C) groups is 1. The standard InChI is InChI=1S/C20H24ClFN4O/c1-24-20(25-10-9-14-3-2-4-17(21)12-14)26-13-16(19(23)27)11-15-5-7-18(22)8-6-15/h2-8,12,16H,9-11,13H2,1H3,(H2,23,27)(H2,24,25,26). The van der Waals surface area contributed by atoms with Gasteiger partial charge in [0.15, 0.2) is 5.96 Å². The zero-order valence-corrected chi connectivity index (χ0v) is 16.0. The lowest BCUT2D eigenvalue weighted by Gasteiger charge is -2.17. The molecule has 0 aromatic heterocycles. The molecule has 1 amide bonds. The minimum Gasteiger partial charge on any atom is -0.369 e. The molecular formula is C20H24ClFN4O. The van der Waals surface area contributed by atoms with Crippen molar-refractivity contribution >= 4 is 23.5 Å². The molecule has 0 saturated heterocycles. The summed E-state index contributed by atoms with van der Waals surface area (Å²) in [5, 5.41) is 7.02. The van der Waals surface area contributed by atoms with Crippen molar-refractivity contribution in [2.75, 3.05) is 20.1 Å². The summed E-state index contributed by atoms with van der Waals surface area (Å²) in [5.41, 5.74) is 7.48. The highest BCUT2D eigenvalue weighted by atomic mass is 35.5. The number of nitrogens with two attached hydrogens (primary N) is 1. The van der Waals surface area contributed by atoms with Gasteiger partial charge >= 0.3 is 0 Å². The van der Waals surface area contributed by atoms with Crippen molar-refractivity contribution in [3.63, 3.8) is 0 Å². The number of hydrogen-bond donors (Lipinski definition) is 3. The third kappa shape index (κ3) is 7.27. The lowest BCUT2D eigenvalue weighted by atomic mass is 9.98. The number of amides is 1. The molecule has 5 nitrogen and oxygen atoms in total. The molecule has 2 aromatic rings. The zero-order chi connectivity index (χ0) is 19.6. The smallest absolute Gasteiger partial charge is 0.222 e. The maximum atomic E-state index is 13.0. The predicted molar refractivity (Wildman–Crippen MR) is 107 cm³/mol. The second kappa shape index (κ2) is 10.5. The van der Waals surface area contributed by atoms with Crippen LogP contribution in [0.15, 0.2) is 53.5 Å². The molecule has 0 aliphatic carbocycles. The van der Waals surface area contributed by atoms with E-state index in [9.17, 15) is 9.18 Å². The molecule has 0 fully saturated rings. The average molecular weight is 391 g/mol. The Hall–Kier alpha value is -2.60. The Bertz CT molecular complexity index is 780. The second-order valence-electron chi connectivity index (χ2n) is 6.19. The third-order valence-electron chi connectivity index (χ3n) is 4.13. The minimum atomic E-state index is -0.429. The van der Waals surface area contributed by atoms with Crippen LogP contribution in [0.3, 0.4) is 0 Å². The monoisotopic (exact) mass is 390 g/mol. The van der Waals surface area contributed by atoms with Gasteiger partial charge in [0, 0.05) is 25.2 Å². The molecule has 0 aliphatic rings. The summed E-state index contributed by atoms with van der Waals surface area (Å²) in [6.07, 6.45) is 1.22. The summed E-state index contributed by atoms with van der Waals surface area (Å²) in [5.74, 6) is -0.567. The lowest BCUT2D eigenvalue weighted by Crippen LogP contribution is -2.43. The van der Waals surface area contributed by atoms with Gasteiger partial charge in [-0.3, -0.25) is 9.79 Å². The van der Waals surface area contributed by atoms with Gasteiger partial charge < -0.3 is 16.4 Å². The van der Waals surface area contributed by atoms with Crippen molar-refractivity contribution in [2.45, 2.75) is 12.8 Å². The Morgan fingerprint density at radius 3 is 2.56 bits per heavy atom. The maximum Gasteiger partial charge on any atom is 0.222 e. The number of halogens is 2. The van der Waals surface area contributed by atoms with Crippen LogP contribution in [0.4, 0.5) is 4.39 Å². The zero-order valence-electron chi connectivity index (χ0n) is 15.2. The Morgan fingerprint density at radius 2 is 1.93 bits per heavy atom. The number of guanidine groups is 1. The highest BCUT2D eigenvalue weighted by molar-refractivity contribution is 6.30. The van der Waals surface area contributed by atoms with Crippen molar-refractivity contribution in [3.8, 4) is 0 Å². The molecule has 4 N–H and O–H groups in total. The van der Waals surface area contributed by atoms with E-state index in [4.69, 9.17) is 17.3 Å². The normalized spacial score (nSPS) is 12.5. The Labute approximate surface area is 163 Å². The number of hydrogen-bond acceptors (Lipinski definition) is 2. The van der Waals surface area contributed by atoms with Gasteiger partial charge in [0.05, 0.1) is 5.92 Å². The molecule has 0 spiro atoms. The van der Waals surface area contributed by atoms with Crippen LogP contribution in [-0.2, 0) is 17.6 Å². The molecule has 0 radical (unpaired) electrons. The van der Waals surface area contributed by atoms with E-state index in [1.54, 1.807) is 19.2 Å². The van der Waals surface area contributed by atoms with E-state index >= 15 is 0 Å². The van der Waals surface area contributed by atoms with Crippen LogP contribution < -0.4 is 16.4 Å². The number of nitrogens with one attached hydrogen (secondary N) is 2. The van der Waals surface area contributed by atoms with Gasteiger partial charge in [-0.05, 0) is 48.2 Å². The Morgan fingerprint density at radius 1 is 1.19 bits per heavy atom. The molecule has 144 valence electrons. The number of carbonyl (C=O) groups excluding carboxylic acids is 1. The molecule has 7 heteroatoms. The van der Waals surface area contributed by atoms with E-state index in [-0.39, 0.29) is 5.82 Å². The van der Waals surface area contributed by atoms with Crippen molar-refractivity contribution in [3.05, 3.63) is 70.5 Å². The van der Waals surface area contributed by atoms with E-state index in [0.29, 0.717) is 30.5 Å². The molecule has 0 aliphatic heterocycles. The van der Waals surface area contributed by atoms with Gasteiger partial charge in [-0.1, -0.05) is 35.9 Å². The van der Waals surface area contributed by atoms with E-state index in [1.165, 1.54) is 12.1 Å². The number of nitrogens with zero attached hydrogens (tertiary/aromatic N) is 1. The van der Waals surface area contributed by atoms with Crippen LogP contribution in [0.25, 0.3) is 0 Å². The van der Waals surface area contributed by atoms with Crippen molar-refractivity contribution in [1.82, 2.24) is 10.6 Å². The molecule has 0 bridgehead atoms. The summed E-state index contributed by atoms with van der Waals surface area (Å²) < 4.78 is 13.0. The molecule has 0 saturated carbocycles. The maximum absolute atomic E-state index is 13.0. The van der Waals surface area contributed by atoms with E-state index in [1.807, 2.05) is 24.3 Å². The van der Waals surface area contributed by atoms with Crippen LogP contribution in [0.5, 0.6) is 0 Å². The molecule has 1 unspecified atom stereocenters. The first kappa shape index (κ1) is 20.7. The van der Waals surface area contributed by atoms with Crippen LogP contribution >= 0.6 is 11.6 Å². The quantitative estimate of drug-likeness (QED) is 0.478. The highest BCUT2D eigenvalue weighted by Crippen LogP contribution is 2.11. The SMILES string of the molecule is CN=C(NCCc1cccc(Cl)c1)NCC(Cc1ccc(F)cc1)C(N)=O. The van der Waals surface area contributed by atoms with Crippen molar-refractivity contribution in [2.24, 2.45) is 16.6 Å². The second-order valence-corrected chi connectivity index (χ2v) is 6.63. The highest BCUT2D eigenvalue weighted by Gasteiger charge is 2.16. The molecule has 27 heavy (non-hydrogen) atoms. The van der Waals surface area contributed by atoms with E-state index in [0.717, 1.165) is 17.5 Å². The van der Waals surface area contributed by atoms with Crippen LogP contribution in [0.2, 0.25) is 5.02 Å². The number of carbonyl (C=O) groups is 1. The molecule has 2 rings (SSSR count).